The third kappa shape index (κ3) is 2.41. The quantitative estimate of drug-likeness (QED) is 0.363. The van der Waals surface area contributed by atoms with E-state index in [1.54, 1.807) is 0 Å². The van der Waals surface area contributed by atoms with Gasteiger partial charge in [0.1, 0.15) is 12.1 Å². The number of rotatable bonds is 4. The number of hydrogen-bond acceptors (Lipinski definition) is 6. The predicted molar refractivity (Wildman–Crippen MR) is 43.7 cm³/mol. The first-order valence-corrected chi connectivity index (χ1v) is 4.08. The molecule has 1 saturated heterocycles. The molecule has 7 heteroatoms. The highest BCUT2D eigenvalue weighted by molar-refractivity contribution is 5.85. The first-order chi connectivity index (χ1) is 6.54. The summed E-state index contributed by atoms with van der Waals surface area (Å²) < 4.78 is 4.66. The van der Waals surface area contributed by atoms with Crippen molar-refractivity contribution in [3.63, 3.8) is 0 Å². The van der Waals surface area contributed by atoms with Gasteiger partial charge in [-0.3, -0.25) is 14.9 Å². The van der Waals surface area contributed by atoms with Crippen molar-refractivity contribution in [3.8, 4) is 0 Å². The number of cyclic esters (lactones) is 1. The summed E-state index contributed by atoms with van der Waals surface area (Å²) in [6.45, 7) is -0.533. The highest BCUT2D eigenvalue weighted by Gasteiger charge is 2.37. The van der Waals surface area contributed by atoms with Crippen molar-refractivity contribution >= 4 is 11.9 Å². The van der Waals surface area contributed by atoms with E-state index in [4.69, 9.17) is 15.9 Å². The lowest BCUT2D eigenvalue weighted by atomic mass is 10.2. The summed E-state index contributed by atoms with van der Waals surface area (Å²) in [7, 11) is 0. The number of esters is 1. The van der Waals surface area contributed by atoms with Crippen molar-refractivity contribution in [1.29, 1.82) is 0 Å². The Kier molecular flexibility index (Phi) is 3.39. The highest BCUT2D eigenvalue weighted by Crippen LogP contribution is 2.10. The van der Waals surface area contributed by atoms with E-state index in [0.29, 0.717) is 0 Å². The van der Waals surface area contributed by atoms with Crippen LogP contribution in [-0.2, 0) is 14.3 Å². The Morgan fingerprint density at radius 2 is 2.36 bits per heavy atom. The third-order valence-corrected chi connectivity index (χ3v) is 1.83. The van der Waals surface area contributed by atoms with Gasteiger partial charge >= 0.3 is 5.97 Å². The van der Waals surface area contributed by atoms with Crippen molar-refractivity contribution < 1.29 is 24.5 Å². The minimum atomic E-state index is -1.20. The highest BCUT2D eigenvalue weighted by atomic mass is 16.6. The topological polar surface area (TPSA) is 122 Å². The van der Waals surface area contributed by atoms with Gasteiger partial charge in [-0.15, -0.1) is 0 Å². The molecule has 1 amide bonds. The molecule has 0 aliphatic carbocycles. The SMILES string of the molecule is NC(=O)CC1NC(C(O)CO)OC1=O. The lowest BCUT2D eigenvalue weighted by Gasteiger charge is -2.14. The maximum absolute atomic E-state index is 11.1. The molecule has 7 nitrogen and oxygen atoms in total. The number of aliphatic hydroxyl groups is 2. The molecule has 80 valence electrons. The Morgan fingerprint density at radius 3 is 2.86 bits per heavy atom. The molecule has 0 spiro atoms. The van der Waals surface area contributed by atoms with E-state index in [2.05, 4.69) is 10.1 Å². The Labute approximate surface area is 79.8 Å². The van der Waals surface area contributed by atoms with Crippen LogP contribution in [-0.4, -0.2) is 47.1 Å². The smallest absolute Gasteiger partial charge is 0.325 e. The van der Waals surface area contributed by atoms with E-state index in [9.17, 15) is 9.59 Å². The number of nitrogens with one attached hydrogen (secondary N) is 1. The van der Waals surface area contributed by atoms with Gasteiger partial charge in [0.05, 0.1) is 13.0 Å². The van der Waals surface area contributed by atoms with Crippen molar-refractivity contribution in [2.45, 2.75) is 24.8 Å². The monoisotopic (exact) mass is 204 g/mol. The van der Waals surface area contributed by atoms with Crippen LogP contribution in [0, 0.1) is 0 Å². The van der Waals surface area contributed by atoms with Gasteiger partial charge in [-0.1, -0.05) is 0 Å². The number of nitrogens with two attached hydrogens (primary N) is 1. The molecule has 1 aliphatic rings. The molecular weight excluding hydrogens is 192 g/mol. The molecule has 3 atom stereocenters. The van der Waals surface area contributed by atoms with Gasteiger partial charge in [-0.25, -0.2) is 0 Å². The van der Waals surface area contributed by atoms with Gasteiger partial charge in [0.25, 0.3) is 0 Å². The lowest BCUT2D eigenvalue weighted by Crippen LogP contribution is -2.42. The van der Waals surface area contributed by atoms with Gasteiger partial charge in [-0.05, 0) is 0 Å². The second kappa shape index (κ2) is 4.36. The molecule has 0 aromatic carbocycles. The number of ether oxygens (including phenoxy) is 1. The fourth-order valence-electron chi connectivity index (χ4n) is 1.14. The molecule has 0 aromatic heterocycles. The van der Waals surface area contributed by atoms with E-state index in [1.807, 2.05) is 0 Å². The lowest BCUT2D eigenvalue weighted by molar-refractivity contribution is -0.148. The predicted octanol–water partition coefficient (Wildman–Crippen LogP) is -2.94. The van der Waals surface area contributed by atoms with Crippen LogP contribution in [0.15, 0.2) is 0 Å². The standard InChI is InChI=1S/C7H12N2O5/c8-5(12)1-3-7(13)14-6(9-3)4(11)2-10/h3-4,6,9-11H,1-2H2,(H2,8,12). The van der Waals surface area contributed by atoms with Gasteiger partial charge in [0.2, 0.25) is 5.91 Å². The molecule has 1 aliphatic heterocycles. The normalized spacial score (nSPS) is 28.6. The zero-order chi connectivity index (χ0) is 10.7. The van der Waals surface area contributed by atoms with Crippen LogP contribution in [0.1, 0.15) is 6.42 Å². The maximum atomic E-state index is 11.1. The average molecular weight is 204 g/mol. The van der Waals surface area contributed by atoms with Gasteiger partial charge in [0, 0.05) is 0 Å². The van der Waals surface area contributed by atoms with Gasteiger partial charge in [-0.2, -0.15) is 0 Å². The minimum absolute atomic E-state index is 0.187. The van der Waals surface area contributed by atoms with E-state index >= 15 is 0 Å². The molecule has 3 unspecified atom stereocenters. The summed E-state index contributed by atoms with van der Waals surface area (Å²) in [6.07, 6.45) is -2.36. The molecule has 14 heavy (non-hydrogen) atoms. The Bertz CT molecular complexity index is 244. The zero-order valence-corrected chi connectivity index (χ0v) is 7.34. The van der Waals surface area contributed by atoms with Crippen LogP contribution in [0.3, 0.4) is 0 Å². The maximum Gasteiger partial charge on any atom is 0.325 e. The number of primary amides is 1. The zero-order valence-electron chi connectivity index (χ0n) is 7.34. The number of carbonyl (C=O) groups is 2. The van der Waals surface area contributed by atoms with Crippen LogP contribution in [0.4, 0.5) is 0 Å². The van der Waals surface area contributed by atoms with Crippen molar-refractivity contribution in [2.75, 3.05) is 6.61 Å². The van der Waals surface area contributed by atoms with Crippen molar-refractivity contribution in [1.82, 2.24) is 5.32 Å². The number of amides is 1. The Morgan fingerprint density at radius 1 is 1.71 bits per heavy atom. The fourth-order valence-corrected chi connectivity index (χ4v) is 1.14. The van der Waals surface area contributed by atoms with E-state index in [0.717, 1.165) is 0 Å². The molecule has 1 heterocycles. The summed E-state index contributed by atoms with van der Waals surface area (Å²) in [6, 6.07) is -0.835. The molecule has 1 rings (SSSR count). The van der Waals surface area contributed by atoms with Crippen LogP contribution >= 0.6 is 0 Å². The summed E-state index contributed by atoms with van der Waals surface area (Å²) in [5, 5.41) is 20.2. The molecule has 1 fully saturated rings. The third-order valence-electron chi connectivity index (χ3n) is 1.83. The molecule has 5 N–H and O–H groups in total. The summed E-state index contributed by atoms with van der Waals surface area (Å²) in [5.74, 6) is -1.29. The summed E-state index contributed by atoms with van der Waals surface area (Å²) in [4.78, 5) is 21.6. The van der Waals surface area contributed by atoms with Crippen LogP contribution < -0.4 is 11.1 Å². The van der Waals surface area contributed by atoms with Crippen LogP contribution in [0.2, 0.25) is 0 Å². The molecular formula is C7H12N2O5. The molecule has 0 saturated carbocycles. The first kappa shape index (κ1) is 10.9. The van der Waals surface area contributed by atoms with E-state index in [1.165, 1.54) is 0 Å². The average Bonchev–Trinajstić information content (AvgIpc) is 2.46. The van der Waals surface area contributed by atoms with E-state index in [-0.39, 0.29) is 6.42 Å². The first-order valence-electron chi connectivity index (χ1n) is 4.08. The van der Waals surface area contributed by atoms with Crippen molar-refractivity contribution in [2.24, 2.45) is 5.73 Å². The largest absolute Gasteiger partial charge is 0.442 e. The van der Waals surface area contributed by atoms with Crippen LogP contribution in [0.25, 0.3) is 0 Å². The summed E-state index contributed by atoms with van der Waals surface area (Å²) in [5.41, 5.74) is 4.89. The number of hydrogen-bond donors (Lipinski definition) is 4. The fraction of sp³-hybridized carbons (Fsp3) is 0.714. The van der Waals surface area contributed by atoms with Gasteiger partial charge in [0.15, 0.2) is 6.23 Å². The van der Waals surface area contributed by atoms with E-state index < -0.39 is 36.9 Å². The Hall–Kier alpha value is -1.18. The summed E-state index contributed by atoms with van der Waals surface area (Å²) >= 11 is 0. The molecule has 0 bridgehead atoms. The van der Waals surface area contributed by atoms with Crippen molar-refractivity contribution in [3.05, 3.63) is 0 Å². The molecule has 0 aromatic rings. The molecule has 0 radical (unpaired) electrons. The second-order valence-electron chi connectivity index (χ2n) is 3.00. The number of aliphatic hydroxyl groups excluding tert-OH is 2. The second-order valence-corrected chi connectivity index (χ2v) is 3.00. The number of carbonyl (C=O) groups excluding carboxylic acids is 2. The minimum Gasteiger partial charge on any atom is -0.442 e. The Balaban J connectivity index is 2.51. The van der Waals surface area contributed by atoms with Crippen LogP contribution in [0.5, 0.6) is 0 Å². The van der Waals surface area contributed by atoms with Gasteiger partial charge < -0.3 is 20.7 Å².